The van der Waals surface area contributed by atoms with Gasteiger partial charge in [0, 0.05) is 30.1 Å². The number of hydrogen-bond donors (Lipinski definition) is 1. The summed E-state index contributed by atoms with van der Waals surface area (Å²) in [5, 5.41) is 4.27. The summed E-state index contributed by atoms with van der Waals surface area (Å²) in [5.41, 5.74) is 0. The molecule has 2 nitrogen and oxygen atoms in total. The Morgan fingerprint density at radius 2 is 1.94 bits per heavy atom. The number of rotatable bonds is 2. The molecule has 0 aromatic carbocycles. The Morgan fingerprint density at radius 1 is 1.25 bits per heavy atom. The normalized spacial score (nSPS) is 33.4. The highest BCUT2D eigenvalue weighted by molar-refractivity contribution is 8.00. The summed E-state index contributed by atoms with van der Waals surface area (Å²) in [5.74, 6) is 2.28. The predicted octanol–water partition coefficient (Wildman–Crippen LogP) is 2.23. The quantitative estimate of drug-likeness (QED) is 0.824. The summed E-state index contributed by atoms with van der Waals surface area (Å²) in [7, 11) is 0. The molecule has 0 bridgehead atoms. The van der Waals surface area contributed by atoms with Gasteiger partial charge in [-0.15, -0.1) is 12.4 Å². The van der Waals surface area contributed by atoms with Crippen molar-refractivity contribution < 1.29 is 0 Å². The Morgan fingerprint density at radius 3 is 2.62 bits per heavy atom. The van der Waals surface area contributed by atoms with Gasteiger partial charge in [-0.25, -0.2) is 0 Å². The van der Waals surface area contributed by atoms with Crippen LogP contribution in [-0.2, 0) is 0 Å². The molecule has 0 saturated carbocycles. The predicted molar refractivity (Wildman–Crippen MR) is 75.8 cm³/mol. The largest absolute Gasteiger partial charge is 0.317 e. The second-order valence-electron chi connectivity index (χ2n) is 5.00. The van der Waals surface area contributed by atoms with Crippen molar-refractivity contribution in [1.82, 2.24) is 10.2 Å². The monoisotopic (exact) mass is 264 g/mol. The molecule has 2 saturated heterocycles. The summed E-state index contributed by atoms with van der Waals surface area (Å²) < 4.78 is 0. The van der Waals surface area contributed by atoms with Crippen LogP contribution in [0.5, 0.6) is 0 Å². The van der Waals surface area contributed by atoms with Crippen LogP contribution in [0, 0.1) is 5.92 Å². The average Bonchev–Trinajstić information content (AvgIpc) is 2.26. The van der Waals surface area contributed by atoms with Crippen LogP contribution in [-0.4, -0.2) is 48.1 Å². The summed E-state index contributed by atoms with van der Waals surface area (Å²) in [4.78, 5) is 2.72. The molecule has 16 heavy (non-hydrogen) atoms. The average molecular weight is 265 g/mol. The van der Waals surface area contributed by atoms with Gasteiger partial charge in [-0.2, -0.15) is 11.8 Å². The first-order valence-corrected chi connectivity index (χ1v) is 7.38. The topological polar surface area (TPSA) is 15.3 Å². The van der Waals surface area contributed by atoms with Crippen LogP contribution < -0.4 is 5.32 Å². The molecule has 0 amide bonds. The van der Waals surface area contributed by atoms with Crippen molar-refractivity contribution in [2.24, 2.45) is 5.92 Å². The van der Waals surface area contributed by atoms with Gasteiger partial charge in [0.15, 0.2) is 0 Å². The van der Waals surface area contributed by atoms with Crippen LogP contribution in [0.15, 0.2) is 0 Å². The van der Waals surface area contributed by atoms with Gasteiger partial charge in [-0.1, -0.05) is 6.92 Å². The van der Waals surface area contributed by atoms with Crippen molar-refractivity contribution in [2.45, 2.75) is 38.0 Å². The van der Waals surface area contributed by atoms with Crippen LogP contribution in [0.3, 0.4) is 0 Å². The Bertz CT molecular complexity index is 197. The van der Waals surface area contributed by atoms with E-state index in [9.17, 15) is 0 Å². The van der Waals surface area contributed by atoms with Crippen molar-refractivity contribution in [1.29, 1.82) is 0 Å². The molecular formula is C12H25ClN2S. The van der Waals surface area contributed by atoms with Crippen molar-refractivity contribution in [2.75, 3.05) is 31.9 Å². The molecule has 2 atom stereocenters. The lowest BCUT2D eigenvalue weighted by molar-refractivity contribution is 0.164. The number of nitrogens with zero attached hydrogens (tertiary/aromatic N) is 1. The Labute approximate surface area is 110 Å². The molecular weight excluding hydrogens is 240 g/mol. The molecule has 1 N–H and O–H groups in total. The fourth-order valence-electron chi connectivity index (χ4n) is 2.65. The SMILES string of the molecule is CC1SCCN(CC2CCNCC2)C1C.Cl. The molecule has 0 aliphatic carbocycles. The maximum atomic E-state index is 3.45. The Kier molecular flexibility index (Phi) is 6.48. The van der Waals surface area contributed by atoms with E-state index in [2.05, 4.69) is 35.8 Å². The highest BCUT2D eigenvalue weighted by Gasteiger charge is 2.27. The van der Waals surface area contributed by atoms with Crippen LogP contribution >= 0.6 is 24.2 Å². The maximum Gasteiger partial charge on any atom is 0.0184 e. The van der Waals surface area contributed by atoms with Gasteiger partial charge >= 0.3 is 0 Å². The standard InChI is InChI=1S/C12H24N2S.ClH/c1-10-11(2)15-8-7-14(10)9-12-3-5-13-6-4-12;/h10-13H,3-9H2,1-2H3;1H. The van der Waals surface area contributed by atoms with E-state index in [1.807, 2.05) is 0 Å². The van der Waals surface area contributed by atoms with Gasteiger partial charge < -0.3 is 5.32 Å². The number of halogens is 1. The van der Waals surface area contributed by atoms with Crippen LogP contribution in [0.4, 0.5) is 0 Å². The zero-order valence-corrected chi connectivity index (χ0v) is 12.1. The van der Waals surface area contributed by atoms with Gasteiger partial charge in [-0.05, 0) is 38.8 Å². The second-order valence-corrected chi connectivity index (χ2v) is 6.49. The molecule has 4 heteroatoms. The number of hydrogen-bond acceptors (Lipinski definition) is 3. The molecule has 2 aliphatic rings. The van der Waals surface area contributed by atoms with Gasteiger partial charge in [0.2, 0.25) is 0 Å². The fourth-order valence-corrected chi connectivity index (χ4v) is 3.81. The number of thioether (sulfide) groups is 1. The minimum absolute atomic E-state index is 0. The lowest BCUT2D eigenvalue weighted by Crippen LogP contribution is -2.47. The molecule has 96 valence electrons. The van der Waals surface area contributed by atoms with Crippen LogP contribution in [0.1, 0.15) is 26.7 Å². The zero-order chi connectivity index (χ0) is 10.7. The Hall–Kier alpha value is 0.560. The van der Waals surface area contributed by atoms with E-state index in [0.29, 0.717) is 0 Å². The zero-order valence-electron chi connectivity index (χ0n) is 10.4. The number of piperidine rings is 1. The highest BCUT2D eigenvalue weighted by Crippen LogP contribution is 2.26. The lowest BCUT2D eigenvalue weighted by atomic mass is 9.96. The summed E-state index contributed by atoms with van der Waals surface area (Å²) in [6, 6.07) is 0.777. The smallest absolute Gasteiger partial charge is 0.0184 e. The molecule has 2 heterocycles. The van der Waals surface area contributed by atoms with Crippen LogP contribution in [0.2, 0.25) is 0 Å². The van der Waals surface area contributed by atoms with Crippen molar-refractivity contribution in [3.05, 3.63) is 0 Å². The summed E-state index contributed by atoms with van der Waals surface area (Å²) in [6.45, 7) is 9.89. The third-order valence-corrected chi connectivity index (χ3v) is 5.30. The molecule has 0 aromatic rings. The van der Waals surface area contributed by atoms with Gasteiger partial charge in [-0.3, -0.25) is 4.90 Å². The van der Waals surface area contributed by atoms with E-state index in [1.54, 1.807) is 0 Å². The summed E-state index contributed by atoms with van der Waals surface area (Å²) in [6.07, 6.45) is 2.76. The number of nitrogens with one attached hydrogen (secondary N) is 1. The van der Waals surface area contributed by atoms with E-state index >= 15 is 0 Å². The molecule has 2 rings (SSSR count). The minimum atomic E-state index is 0. The summed E-state index contributed by atoms with van der Waals surface area (Å²) >= 11 is 2.14. The third-order valence-electron chi connectivity index (χ3n) is 3.97. The molecule has 0 spiro atoms. The van der Waals surface area contributed by atoms with Gasteiger partial charge in [0.1, 0.15) is 0 Å². The maximum absolute atomic E-state index is 3.45. The molecule has 2 fully saturated rings. The lowest BCUT2D eigenvalue weighted by Gasteiger charge is -2.40. The first-order valence-electron chi connectivity index (χ1n) is 6.33. The van der Waals surface area contributed by atoms with E-state index in [4.69, 9.17) is 0 Å². The minimum Gasteiger partial charge on any atom is -0.317 e. The first kappa shape index (κ1) is 14.6. The highest BCUT2D eigenvalue weighted by atomic mass is 35.5. The molecule has 0 aromatic heterocycles. The first-order chi connectivity index (χ1) is 7.27. The fraction of sp³-hybridized carbons (Fsp3) is 1.00. The third kappa shape index (κ3) is 3.80. The van der Waals surface area contributed by atoms with E-state index in [0.717, 1.165) is 17.2 Å². The van der Waals surface area contributed by atoms with Crippen molar-refractivity contribution >= 4 is 24.2 Å². The van der Waals surface area contributed by atoms with E-state index in [-0.39, 0.29) is 12.4 Å². The molecule has 2 aliphatic heterocycles. The van der Waals surface area contributed by atoms with Gasteiger partial charge in [0.05, 0.1) is 0 Å². The van der Waals surface area contributed by atoms with Gasteiger partial charge in [0.25, 0.3) is 0 Å². The van der Waals surface area contributed by atoms with Crippen molar-refractivity contribution in [3.8, 4) is 0 Å². The second kappa shape index (κ2) is 7.10. The van der Waals surface area contributed by atoms with E-state index < -0.39 is 0 Å². The molecule has 0 radical (unpaired) electrons. The van der Waals surface area contributed by atoms with Crippen LogP contribution in [0.25, 0.3) is 0 Å². The van der Waals surface area contributed by atoms with Crippen molar-refractivity contribution in [3.63, 3.8) is 0 Å². The van der Waals surface area contributed by atoms with E-state index in [1.165, 1.54) is 44.8 Å². The Balaban J connectivity index is 0.00000128. The molecule has 2 unspecified atom stereocenters.